The number of hydrogen-bond donors (Lipinski definition) is 1. The Labute approximate surface area is 142 Å². The van der Waals surface area contributed by atoms with Crippen molar-refractivity contribution in [3.8, 4) is 5.75 Å². The van der Waals surface area contributed by atoms with Gasteiger partial charge in [0.1, 0.15) is 5.75 Å². The first-order valence-electron chi connectivity index (χ1n) is 8.44. The standard InChI is InChI=1S/C20H23NO3/c1-13-16-5-3-4-14(17(16)8-9-19(13)24-2)6-7-15-12-21-11-10-18(15)20(22)23/h8-12,14H,3-7H2,1-2H3,(H,22,23)/t14-/m1/s1. The molecule has 1 atom stereocenters. The number of nitrogens with zero attached hydrogens (tertiary/aromatic N) is 1. The highest BCUT2D eigenvalue weighted by Gasteiger charge is 2.23. The van der Waals surface area contributed by atoms with Crippen molar-refractivity contribution in [2.45, 2.75) is 44.9 Å². The van der Waals surface area contributed by atoms with Gasteiger partial charge in [0.15, 0.2) is 0 Å². The summed E-state index contributed by atoms with van der Waals surface area (Å²) in [6.07, 6.45) is 8.34. The van der Waals surface area contributed by atoms with Gasteiger partial charge in [-0.15, -0.1) is 0 Å². The van der Waals surface area contributed by atoms with Gasteiger partial charge in [-0.3, -0.25) is 4.98 Å². The number of aromatic nitrogens is 1. The summed E-state index contributed by atoms with van der Waals surface area (Å²) in [6, 6.07) is 5.83. The van der Waals surface area contributed by atoms with E-state index in [0.717, 1.165) is 37.0 Å². The first kappa shape index (κ1) is 16.5. The number of ether oxygens (including phenoxy) is 1. The summed E-state index contributed by atoms with van der Waals surface area (Å²) in [7, 11) is 1.71. The molecule has 24 heavy (non-hydrogen) atoms. The number of benzene rings is 1. The summed E-state index contributed by atoms with van der Waals surface area (Å²) in [5.74, 6) is 0.548. The van der Waals surface area contributed by atoms with Crippen LogP contribution in [-0.4, -0.2) is 23.2 Å². The van der Waals surface area contributed by atoms with Crippen LogP contribution >= 0.6 is 0 Å². The van der Waals surface area contributed by atoms with Gasteiger partial charge in [-0.25, -0.2) is 4.79 Å². The normalized spacial score (nSPS) is 16.5. The minimum Gasteiger partial charge on any atom is -0.496 e. The van der Waals surface area contributed by atoms with E-state index < -0.39 is 5.97 Å². The van der Waals surface area contributed by atoms with Crippen LogP contribution in [0, 0.1) is 6.92 Å². The SMILES string of the molecule is COc1ccc2c(c1C)CCC[C@@H]2CCc1cnccc1C(=O)O. The topological polar surface area (TPSA) is 59.4 Å². The molecule has 2 aromatic rings. The molecule has 0 bridgehead atoms. The molecule has 1 aliphatic rings. The van der Waals surface area contributed by atoms with E-state index in [0.29, 0.717) is 11.5 Å². The Bertz CT molecular complexity index is 755. The molecule has 0 fully saturated rings. The second-order valence-electron chi connectivity index (χ2n) is 6.43. The maximum absolute atomic E-state index is 11.3. The highest BCUT2D eigenvalue weighted by molar-refractivity contribution is 5.89. The average molecular weight is 325 g/mol. The maximum atomic E-state index is 11.3. The fourth-order valence-corrected chi connectivity index (χ4v) is 3.84. The molecule has 3 rings (SSSR count). The molecule has 1 N–H and O–H groups in total. The van der Waals surface area contributed by atoms with Crippen LogP contribution in [0.15, 0.2) is 30.6 Å². The minimum atomic E-state index is -0.878. The summed E-state index contributed by atoms with van der Waals surface area (Å²) in [6.45, 7) is 2.13. The van der Waals surface area contributed by atoms with E-state index in [4.69, 9.17) is 4.74 Å². The zero-order valence-corrected chi connectivity index (χ0v) is 14.2. The molecule has 4 heteroatoms. The molecule has 0 saturated carbocycles. The zero-order valence-electron chi connectivity index (χ0n) is 14.2. The first-order chi connectivity index (χ1) is 11.6. The second-order valence-corrected chi connectivity index (χ2v) is 6.43. The predicted molar refractivity (Wildman–Crippen MR) is 92.9 cm³/mol. The van der Waals surface area contributed by atoms with Crippen LogP contribution < -0.4 is 4.74 Å². The predicted octanol–water partition coefficient (Wildman–Crippen LogP) is 4.15. The van der Waals surface area contributed by atoms with Crippen LogP contribution in [0.3, 0.4) is 0 Å². The minimum absolute atomic E-state index is 0.368. The quantitative estimate of drug-likeness (QED) is 0.897. The van der Waals surface area contributed by atoms with E-state index in [-0.39, 0.29) is 0 Å². The zero-order chi connectivity index (χ0) is 17.1. The van der Waals surface area contributed by atoms with Crippen LogP contribution in [-0.2, 0) is 12.8 Å². The number of methoxy groups -OCH3 is 1. The number of aryl methyl sites for hydroxylation is 1. The van der Waals surface area contributed by atoms with Crippen LogP contribution in [0.4, 0.5) is 0 Å². The summed E-state index contributed by atoms with van der Waals surface area (Å²) in [5.41, 5.74) is 5.25. The smallest absolute Gasteiger partial charge is 0.336 e. The third kappa shape index (κ3) is 3.14. The number of carboxylic acids is 1. The van der Waals surface area contributed by atoms with Crippen molar-refractivity contribution in [3.05, 3.63) is 58.4 Å². The Hall–Kier alpha value is -2.36. The largest absolute Gasteiger partial charge is 0.496 e. The van der Waals surface area contributed by atoms with Gasteiger partial charge in [-0.05, 0) is 79.3 Å². The van der Waals surface area contributed by atoms with Gasteiger partial charge >= 0.3 is 5.97 Å². The molecular formula is C20H23NO3. The number of rotatable bonds is 5. The second kappa shape index (κ2) is 7.04. The van der Waals surface area contributed by atoms with Gasteiger partial charge < -0.3 is 9.84 Å². The van der Waals surface area contributed by atoms with E-state index in [1.165, 1.54) is 23.1 Å². The van der Waals surface area contributed by atoms with E-state index >= 15 is 0 Å². The maximum Gasteiger partial charge on any atom is 0.336 e. The van der Waals surface area contributed by atoms with Gasteiger partial charge in [0, 0.05) is 12.4 Å². The van der Waals surface area contributed by atoms with Crippen molar-refractivity contribution in [3.63, 3.8) is 0 Å². The summed E-state index contributed by atoms with van der Waals surface area (Å²) in [4.78, 5) is 15.4. The lowest BCUT2D eigenvalue weighted by Gasteiger charge is -2.28. The fourth-order valence-electron chi connectivity index (χ4n) is 3.84. The average Bonchev–Trinajstić information content (AvgIpc) is 2.60. The molecule has 0 unspecified atom stereocenters. The fraction of sp³-hybridized carbons (Fsp3) is 0.400. The van der Waals surface area contributed by atoms with Crippen molar-refractivity contribution >= 4 is 5.97 Å². The monoisotopic (exact) mass is 325 g/mol. The summed E-state index contributed by atoms with van der Waals surface area (Å²) in [5, 5.41) is 9.31. The Kier molecular flexibility index (Phi) is 4.84. The number of carbonyl (C=O) groups is 1. The van der Waals surface area contributed by atoms with Crippen molar-refractivity contribution in [2.75, 3.05) is 7.11 Å². The molecule has 126 valence electrons. The Balaban J connectivity index is 1.82. The third-order valence-corrected chi connectivity index (χ3v) is 5.12. The lowest BCUT2D eigenvalue weighted by molar-refractivity contribution is 0.0695. The van der Waals surface area contributed by atoms with Crippen molar-refractivity contribution in [2.24, 2.45) is 0 Å². The molecule has 1 aliphatic carbocycles. The highest BCUT2D eigenvalue weighted by Crippen LogP contribution is 2.39. The number of pyridine rings is 1. The van der Waals surface area contributed by atoms with Gasteiger partial charge in [0.25, 0.3) is 0 Å². The molecule has 4 nitrogen and oxygen atoms in total. The first-order valence-corrected chi connectivity index (χ1v) is 8.44. The number of fused-ring (bicyclic) bond motifs is 1. The summed E-state index contributed by atoms with van der Waals surface area (Å²) >= 11 is 0. The van der Waals surface area contributed by atoms with Crippen LogP contribution in [0.25, 0.3) is 0 Å². The third-order valence-electron chi connectivity index (χ3n) is 5.12. The van der Waals surface area contributed by atoms with Crippen LogP contribution in [0.2, 0.25) is 0 Å². The molecule has 0 aliphatic heterocycles. The van der Waals surface area contributed by atoms with Crippen molar-refractivity contribution < 1.29 is 14.6 Å². The lowest BCUT2D eigenvalue weighted by atomic mass is 9.78. The molecule has 1 aromatic heterocycles. The van der Waals surface area contributed by atoms with Crippen LogP contribution in [0.5, 0.6) is 5.75 Å². The van der Waals surface area contributed by atoms with E-state index in [2.05, 4.69) is 24.0 Å². The molecule has 0 saturated heterocycles. The van der Waals surface area contributed by atoms with E-state index in [1.807, 2.05) is 0 Å². The lowest BCUT2D eigenvalue weighted by Crippen LogP contribution is -2.13. The van der Waals surface area contributed by atoms with E-state index in [9.17, 15) is 9.90 Å². The van der Waals surface area contributed by atoms with Gasteiger partial charge in [0.05, 0.1) is 12.7 Å². The van der Waals surface area contributed by atoms with Gasteiger partial charge in [-0.1, -0.05) is 6.07 Å². The van der Waals surface area contributed by atoms with Crippen molar-refractivity contribution in [1.82, 2.24) is 4.98 Å². The van der Waals surface area contributed by atoms with Crippen molar-refractivity contribution in [1.29, 1.82) is 0 Å². The Morgan fingerprint density at radius 3 is 2.96 bits per heavy atom. The molecule has 0 radical (unpaired) electrons. The number of carboxylic acid groups (broad SMARTS) is 1. The Morgan fingerprint density at radius 1 is 1.38 bits per heavy atom. The summed E-state index contributed by atoms with van der Waals surface area (Å²) < 4.78 is 5.44. The molecule has 0 amide bonds. The highest BCUT2D eigenvalue weighted by atomic mass is 16.5. The molecular weight excluding hydrogens is 302 g/mol. The van der Waals surface area contributed by atoms with E-state index in [1.54, 1.807) is 25.6 Å². The van der Waals surface area contributed by atoms with Gasteiger partial charge in [-0.2, -0.15) is 0 Å². The molecule has 1 aromatic carbocycles. The van der Waals surface area contributed by atoms with Gasteiger partial charge in [0.2, 0.25) is 0 Å². The molecule has 0 spiro atoms. The Morgan fingerprint density at radius 2 is 2.21 bits per heavy atom. The number of aromatic carboxylic acids is 1. The number of hydrogen-bond acceptors (Lipinski definition) is 3. The van der Waals surface area contributed by atoms with Crippen LogP contribution in [0.1, 0.15) is 57.8 Å². The molecule has 1 heterocycles.